The van der Waals surface area contributed by atoms with E-state index in [-0.39, 0.29) is 11.8 Å². The molecule has 1 amide bonds. The lowest BCUT2D eigenvalue weighted by Gasteiger charge is -2.31. The van der Waals surface area contributed by atoms with Gasteiger partial charge in [-0.3, -0.25) is 9.78 Å². The average Bonchev–Trinajstić information content (AvgIpc) is 2.67. The molecule has 25 heavy (non-hydrogen) atoms. The van der Waals surface area contributed by atoms with Crippen molar-refractivity contribution in [2.45, 2.75) is 24.7 Å². The Labute approximate surface area is 153 Å². The van der Waals surface area contributed by atoms with E-state index in [2.05, 4.69) is 51.4 Å². The molecule has 0 aliphatic carbocycles. The Hall–Kier alpha value is -2.08. The monoisotopic (exact) mass is 356 g/mol. The van der Waals surface area contributed by atoms with Crippen molar-refractivity contribution in [3.8, 4) is 0 Å². The van der Waals surface area contributed by atoms with Crippen LogP contribution in [-0.4, -0.2) is 41.3 Å². The number of aryl methyl sites for hydroxylation is 1. The lowest BCUT2D eigenvalue weighted by molar-refractivity contribution is -0.125. The van der Waals surface area contributed by atoms with E-state index in [4.69, 9.17) is 0 Å². The summed E-state index contributed by atoms with van der Waals surface area (Å²) < 4.78 is 0. The number of thioether (sulfide) groups is 1. The Morgan fingerprint density at radius 1 is 1.24 bits per heavy atom. The molecule has 6 heteroatoms. The van der Waals surface area contributed by atoms with Crippen LogP contribution in [0.25, 0.3) is 0 Å². The summed E-state index contributed by atoms with van der Waals surface area (Å²) in [5, 5.41) is 3.08. The van der Waals surface area contributed by atoms with Crippen LogP contribution >= 0.6 is 11.8 Å². The maximum absolute atomic E-state index is 12.3. The minimum atomic E-state index is 0.109. The fourth-order valence-electron chi connectivity index (χ4n) is 2.95. The van der Waals surface area contributed by atoms with E-state index in [0.717, 1.165) is 37.5 Å². The van der Waals surface area contributed by atoms with Crippen molar-refractivity contribution in [3.05, 3.63) is 48.4 Å². The molecule has 0 radical (unpaired) electrons. The molecular weight excluding hydrogens is 332 g/mol. The first-order valence-corrected chi connectivity index (χ1v) is 9.69. The molecule has 2 heterocycles. The lowest BCUT2D eigenvalue weighted by Crippen LogP contribution is -2.41. The van der Waals surface area contributed by atoms with Crippen molar-refractivity contribution in [2.75, 3.05) is 30.3 Å². The molecule has 1 saturated heterocycles. The Morgan fingerprint density at radius 2 is 2.00 bits per heavy atom. The number of hydrogen-bond donors (Lipinski definition) is 1. The van der Waals surface area contributed by atoms with Gasteiger partial charge in [-0.05, 0) is 31.9 Å². The normalized spacial score (nSPS) is 15.2. The predicted molar refractivity (Wildman–Crippen MR) is 102 cm³/mol. The van der Waals surface area contributed by atoms with E-state index in [9.17, 15) is 4.79 Å². The second-order valence-electron chi connectivity index (χ2n) is 6.28. The van der Waals surface area contributed by atoms with Crippen molar-refractivity contribution in [1.82, 2.24) is 15.3 Å². The van der Waals surface area contributed by atoms with Crippen LogP contribution in [0.4, 0.5) is 5.82 Å². The Balaban J connectivity index is 1.36. The van der Waals surface area contributed by atoms with Gasteiger partial charge in [-0.2, -0.15) is 0 Å². The quantitative estimate of drug-likeness (QED) is 0.637. The first kappa shape index (κ1) is 17.7. The summed E-state index contributed by atoms with van der Waals surface area (Å²) >= 11 is 1.78. The van der Waals surface area contributed by atoms with E-state index in [1.54, 1.807) is 30.4 Å². The summed E-state index contributed by atoms with van der Waals surface area (Å²) in [5.41, 5.74) is 1.27. The highest BCUT2D eigenvalue weighted by Crippen LogP contribution is 2.21. The molecule has 5 nitrogen and oxygen atoms in total. The number of carbonyl (C=O) groups excluding carboxylic acids is 1. The van der Waals surface area contributed by atoms with E-state index < -0.39 is 0 Å². The summed E-state index contributed by atoms with van der Waals surface area (Å²) in [6, 6.07) is 8.49. The summed E-state index contributed by atoms with van der Waals surface area (Å²) in [6.07, 6.45) is 6.90. The SMILES string of the molecule is Cc1ccc(SCCNC(=O)C2CCN(c3cnccn3)CC2)cc1. The molecule has 1 aliphatic rings. The fraction of sp³-hybridized carbons (Fsp3) is 0.421. The van der Waals surface area contributed by atoms with Crippen LogP contribution in [0.2, 0.25) is 0 Å². The maximum atomic E-state index is 12.3. The Morgan fingerprint density at radius 3 is 2.68 bits per heavy atom. The van der Waals surface area contributed by atoms with Crippen molar-refractivity contribution < 1.29 is 4.79 Å². The van der Waals surface area contributed by atoms with Gasteiger partial charge in [0.1, 0.15) is 5.82 Å². The largest absolute Gasteiger partial charge is 0.355 e. The number of benzene rings is 1. The number of aromatic nitrogens is 2. The third kappa shape index (κ3) is 5.19. The van der Waals surface area contributed by atoms with Gasteiger partial charge in [0.15, 0.2) is 0 Å². The number of rotatable bonds is 6. The van der Waals surface area contributed by atoms with Gasteiger partial charge in [0.25, 0.3) is 0 Å². The van der Waals surface area contributed by atoms with Gasteiger partial charge in [0.05, 0.1) is 6.20 Å². The molecule has 1 aliphatic heterocycles. The maximum Gasteiger partial charge on any atom is 0.223 e. The van der Waals surface area contributed by atoms with E-state index in [0.29, 0.717) is 6.54 Å². The number of nitrogens with one attached hydrogen (secondary N) is 1. The smallest absolute Gasteiger partial charge is 0.223 e. The molecule has 3 rings (SSSR count). The minimum absolute atomic E-state index is 0.109. The van der Waals surface area contributed by atoms with Gasteiger partial charge in [-0.25, -0.2) is 4.98 Å². The molecular formula is C19H24N4OS. The van der Waals surface area contributed by atoms with Crippen molar-refractivity contribution in [3.63, 3.8) is 0 Å². The van der Waals surface area contributed by atoms with Crippen molar-refractivity contribution in [2.24, 2.45) is 5.92 Å². The van der Waals surface area contributed by atoms with Crippen molar-refractivity contribution in [1.29, 1.82) is 0 Å². The van der Waals surface area contributed by atoms with Gasteiger partial charge in [-0.1, -0.05) is 17.7 Å². The van der Waals surface area contributed by atoms with E-state index >= 15 is 0 Å². The van der Waals surface area contributed by atoms with Crippen LogP contribution in [0.5, 0.6) is 0 Å². The average molecular weight is 356 g/mol. The number of carbonyl (C=O) groups is 1. The van der Waals surface area contributed by atoms with Gasteiger partial charge in [0.2, 0.25) is 5.91 Å². The molecule has 0 unspecified atom stereocenters. The van der Waals surface area contributed by atoms with Gasteiger partial charge < -0.3 is 10.2 Å². The summed E-state index contributed by atoms with van der Waals surface area (Å²) in [7, 11) is 0. The van der Waals surface area contributed by atoms with Crippen molar-refractivity contribution >= 4 is 23.5 Å². The second kappa shape index (κ2) is 8.85. The molecule has 1 fully saturated rings. The molecule has 1 N–H and O–H groups in total. The minimum Gasteiger partial charge on any atom is -0.355 e. The first-order valence-electron chi connectivity index (χ1n) is 8.70. The van der Waals surface area contributed by atoms with Gasteiger partial charge in [-0.15, -0.1) is 11.8 Å². The summed E-state index contributed by atoms with van der Waals surface area (Å²) in [6.45, 7) is 4.51. The topological polar surface area (TPSA) is 58.1 Å². The molecule has 2 aromatic rings. The fourth-order valence-corrected chi connectivity index (χ4v) is 3.72. The second-order valence-corrected chi connectivity index (χ2v) is 7.45. The molecule has 0 atom stereocenters. The van der Waals surface area contributed by atoms with Crippen LogP contribution in [0.1, 0.15) is 18.4 Å². The van der Waals surface area contributed by atoms with Gasteiger partial charge in [0, 0.05) is 48.6 Å². The first-order chi connectivity index (χ1) is 12.2. The van der Waals surface area contributed by atoms with Crippen LogP contribution in [0, 0.1) is 12.8 Å². The highest BCUT2D eigenvalue weighted by Gasteiger charge is 2.25. The molecule has 132 valence electrons. The summed E-state index contributed by atoms with van der Waals surface area (Å²) in [5.74, 6) is 2.09. The number of hydrogen-bond acceptors (Lipinski definition) is 5. The highest BCUT2D eigenvalue weighted by atomic mass is 32.2. The molecule has 1 aromatic heterocycles. The zero-order valence-corrected chi connectivity index (χ0v) is 15.3. The van der Waals surface area contributed by atoms with Crippen LogP contribution < -0.4 is 10.2 Å². The van der Waals surface area contributed by atoms with Crippen LogP contribution in [0.3, 0.4) is 0 Å². The van der Waals surface area contributed by atoms with Gasteiger partial charge >= 0.3 is 0 Å². The number of piperidine rings is 1. The lowest BCUT2D eigenvalue weighted by atomic mass is 9.96. The Bertz CT molecular complexity index is 670. The van der Waals surface area contributed by atoms with Crippen LogP contribution in [-0.2, 0) is 4.79 Å². The molecule has 0 saturated carbocycles. The third-order valence-corrected chi connectivity index (χ3v) is 5.44. The number of amides is 1. The highest BCUT2D eigenvalue weighted by molar-refractivity contribution is 7.99. The summed E-state index contributed by atoms with van der Waals surface area (Å²) in [4.78, 5) is 24.2. The Kier molecular flexibility index (Phi) is 6.28. The van der Waals surface area contributed by atoms with E-state index in [1.807, 2.05) is 0 Å². The zero-order valence-electron chi connectivity index (χ0n) is 14.5. The third-order valence-electron chi connectivity index (χ3n) is 4.43. The van der Waals surface area contributed by atoms with E-state index in [1.165, 1.54) is 10.5 Å². The molecule has 0 bridgehead atoms. The standard InChI is InChI=1S/C19H24N4OS/c1-15-2-4-17(5-3-15)25-13-10-22-19(24)16-6-11-23(12-7-16)18-14-20-8-9-21-18/h2-5,8-9,14,16H,6-7,10-13H2,1H3,(H,22,24). The zero-order chi connectivity index (χ0) is 17.5. The predicted octanol–water partition coefficient (Wildman–Crippen LogP) is 2.91. The molecule has 1 aromatic carbocycles. The number of nitrogens with zero attached hydrogens (tertiary/aromatic N) is 3. The van der Waals surface area contributed by atoms with Crippen LogP contribution in [0.15, 0.2) is 47.8 Å². The number of anilines is 1. The molecule has 0 spiro atoms.